The Bertz CT molecular complexity index is 1450. The standard InChI is InChI=1S/C31H28F4N2O2/c1-19-6-9-21(17-36-30(38)13-8-20-7-12-27(33)29(35)15-20)26(14-19)24-4-2-3-5-25(24)31(39)37-18-22-10-11-23(32)16-28(22)34/h2-5,7,9-12,14-16,19H,6,8,13,17-18H2,1H3,(H,36,38)(H,37,39). The predicted molar refractivity (Wildman–Crippen MR) is 141 cm³/mol. The molecule has 0 saturated carbocycles. The summed E-state index contributed by atoms with van der Waals surface area (Å²) < 4.78 is 53.8. The molecule has 0 aromatic heterocycles. The van der Waals surface area contributed by atoms with Gasteiger partial charge in [0.05, 0.1) is 0 Å². The number of hydrogen-bond acceptors (Lipinski definition) is 2. The molecule has 0 spiro atoms. The van der Waals surface area contributed by atoms with Crippen LogP contribution >= 0.6 is 0 Å². The summed E-state index contributed by atoms with van der Waals surface area (Å²) in [6, 6.07) is 13.8. The molecule has 0 fully saturated rings. The van der Waals surface area contributed by atoms with Crippen molar-refractivity contribution in [2.75, 3.05) is 6.54 Å². The molecule has 1 aliphatic rings. The second-order valence-corrected chi connectivity index (χ2v) is 9.51. The lowest BCUT2D eigenvalue weighted by Crippen LogP contribution is -2.28. The van der Waals surface area contributed by atoms with Gasteiger partial charge in [0.25, 0.3) is 5.91 Å². The highest BCUT2D eigenvalue weighted by atomic mass is 19.2. The number of nitrogens with one attached hydrogen (secondary N) is 2. The molecule has 202 valence electrons. The smallest absolute Gasteiger partial charge is 0.252 e. The maximum Gasteiger partial charge on any atom is 0.252 e. The number of rotatable bonds is 9. The van der Waals surface area contributed by atoms with Gasteiger partial charge in [0, 0.05) is 36.7 Å². The highest BCUT2D eigenvalue weighted by Gasteiger charge is 2.21. The van der Waals surface area contributed by atoms with Gasteiger partial charge in [0.1, 0.15) is 11.6 Å². The fourth-order valence-corrected chi connectivity index (χ4v) is 4.41. The number of halogens is 4. The van der Waals surface area contributed by atoms with Crippen molar-refractivity contribution >= 4 is 17.4 Å². The van der Waals surface area contributed by atoms with Crippen LogP contribution in [0.3, 0.4) is 0 Å². The summed E-state index contributed by atoms with van der Waals surface area (Å²) in [5, 5.41) is 5.58. The van der Waals surface area contributed by atoms with Crippen LogP contribution in [-0.4, -0.2) is 18.4 Å². The third-order valence-electron chi connectivity index (χ3n) is 6.55. The molecular formula is C31H28F4N2O2. The molecule has 4 nitrogen and oxygen atoms in total. The Morgan fingerprint density at radius 3 is 2.44 bits per heavy atom. The third kappa shape index (κ3) is 7.22. The first-order valence-electron chi connectivity index (χ1n) is 12.6. The molecule has 3 aromatic carbocycles. The SMILES string of the molecule is CC1C=C(c2ccccc2C(=O)NCc2ccc(F)cc2F)C(CNC(=O)CCc2ccc(F)c(F)c2)=CC1. The Hall–Kier alpha value is -4.20. The monoisotopic (exact) mass is 536 g/mol. The van der Waals surface area contributed by atoms with Gasteiger partial charge in [-0.25, -0.2) is 17.6 Å². The van der Waals surface area contributed by atoms with E-state index < -0.39 is 29.2 Å². The van der Waals surface area contributed by atoms with Crippen LogP contribution in [0.2, 0.25) is 0 Å². The molecule has 1 aliphatic carbocycles. The van der Waals surface area contributed by atoms with Gasteiger partial charge < -0.3 is 10.6 Å². The number of carbonyl (C=O) groups is 2. The molecule has 4 rings (SSSR count). The van der Waals surface area contributed by atoms with Gasteiger partial charge in [-0.3, -0.25) is 9.59 Å². The number of benzene rings is 3. The molecule has 8 heteroatoms. The molecule has 1 atom stereocenters. The zero-order chi connectivity index (χ0) is 27.9. The summed E-state index contributed by atoms with van der Waals surface area (Å²) in [4.78, 5) is 25.6. The van der Waals surface area contributed by atoms with Crippen molar-refractivity contribution in [3.63, 3.8) is 0 Å². The van der Waals surface area contributed by atoms with E-state index in [1.54, 1.807) is 12.1 Å². The fraction of sp³-hybridized carbons (Fsp3) is 0.226. The summed E-state index contributed by atoms with van der Waals surface area (Å²) in [7, 11) is 0. The Morgan fingerprint density at radius 1 is 0.872 bits per heavy atom. The Labute approximate surface area is 224 Å². The minimum atomic E-state index is -0.949. The lowest BCUT2D eigenvalue weighted by molar-refractivity contribution is -0.120. The molecule has 0 radical (unpaired) electrons. The molecule has 0 bridgehead atoms. The highest BCUT2D eigenvalue weighted by molar-refractivity contribution is 6.01. The lowest BCUT2D eigenvalue weighted by atomic mass is 9.85. The van der Waals surface area contributed by atoms with Gasteiger partial charge in [-0.2, -0.15) is 0 Å². The maximum absolute atomic E-state index is 14.0. The Balaban J connectivity index is 1.43. The van der Waals surface area contributed by atoms with Crippen molar-refractivity contribution in [3.05, 3.63) is 124 Å². The molecule has 39 heavy (non-hydrogen) atoms. The van der Waals surface area contributed by atoms with Crippen molar-refractivity contribution in [1.29, 1.82) is 0 Å². The van der Waals surface area contributed by atoms with E-state index in [0.717, 1.165) is 41.8 Å². The number of hydrogen-bond donors (Lipinski definition) is 2. The van der Waals surface area contributed by atoms with E-state index >= 15 is 0 Å². The molecule has 1 unspecified atom stereocenters. The Kier molecular flexibility index (Phi) is 8.96. The highest BCUT2D eigenvalue weighted by Crippen LogP contribution is 2.32. The van der Waals surface area contributed by atoms with Crippen LogP contribution < -0.4 is 10.6 Å². The van der Waals surface area contributed by atoms with Crippen molar-refractivity contribution in [2.24, 2.45) is 5.92 Å². The first-order valence-corrected chi connectivity index (χ1v) is 12.6. The van der Waals surface area contributed by atoms with Gasteiger partial charge in [-0.1, -0.05) is 49.4 Å². The predicted octanol–water partition coefficient (Wildman–Crippen LogP) is 6.27. The summed E-state index contributed by atoms with van der Waals surface area (Å²) in [5.74, 6) is -3.77. The number of amides is 2. The van der Waals surface area contributed by atoms with Crippen molar-refractivity contribution in [3.8, 4) is 0 Å². The van der Waals surface area contributed by atoms with E-state index in [9.17, 15) is 27.2 Å². The van der Waals surface area contributed by atoms with Crippen LogP contribution in [0.15, 0.2) is 78.4 Å². The van der Waals surface area contributed by atoms with Crippen LogP contribution in [0.4, 0.5) is 17.6 Å². The van der Waals surface area contributed by atoms with Crippen LogP contribution in [0.5, 0.6) is 0 Å². The second-order valence-electron chi connectivity index (χ2n) is 9.51. The summed E-state index contributed by atoms with van der Waals surface area (Å²) in [5.41, 5.74) is 3.40. The third-order valence-corrected chi connectivity index (χ3v) is 6.55. The maximum atomic E-state index is 14.0. The fourth-order valence-electron chi connectivity index (χ4n) is 4.41. The van der Waals surface area contributed by atoms with Crippen LogP contribution in [0, 0.1) is 29.2 Å². The first kappa shape index (κ1) is 27.8. The first-order chi connectivity index (χ1) is 18.7. The van der Waals surface area contributed by atoms with E-state index in [0.29, 0.717) is 16.7 Å². The Morgan fingerprint density at radius 2 is 1.67 bits per heavy atom. The zero-order valence-electron chi connectivity index (χ0n) is 21.4. The quantitative estimate of drug-likeness (QED) is 0.317. The minimum absolute atomic E-state index is 0.104. The summed E-state index contributed by atoms with van der Waals surface area (Å²) >= 11 is 0. The van der Waals surface area contributed by atoms with Gasteiger partial charge in [0.2, 0.25) is 5.91 Å². The van der Waals surface area contributed by atoms with Gasteiger partial charge in [-0.15, -0.1) is 0 Å². The van der Waals surface area contributed by atoms with Crippen LogP contribution in [0.25, 0.3) is 5.57 Å². The average Bonchev–Trinajstić information content (AvgIpc) is 2.92. The minimum Gasteiger partial charge on any atom is -0.352 e. The van der Waals surface area contributed by atoms with Gasteiger partial charge in [-0.05, 0) is 65.3 Å². The summed E-state index contributed by atoms with van der Waals surface area (Å²) in [6.45, 7) is 2.17. The lowest BCUT2D eigenvalue weighted by Gasteiger charge is -2.22. The molecule has 0 heterocycles. The second kappa shape index (κ2) is 12.6. The zero-order valence-corrected chi connectivity index (χ0v) is 21.4. The van der Waals surface area contributed by atoms with Gasteiger partial charge in [0.15, 0.2) is 11.6 Å². The molecule has 3 aromatic rings. The number of aryl methyl sites for hydroxylation is 1. The van der Waals surface area contributed by atoms with Crippen LogP contribution in [0.1, 0.15) is 46.8 Å². The molecule has 0 aliphatic heterocycles. The molecule has 2 N–H and O–H groups in total. The molecule has 2 amide bonds. The largest absolute Gasteiger partial charge is 0.352 e. The van der Waals surface area contributed by atoms with E-state index in [1.165, 1.54) is 12.1 Å². The van der Waals surface area contributed by atoms with Crippen molar-refractivity contribution < 1.29 is 27.2 Å². The van der Waals surface area contributed by atoms with E-state index in [2.05, 4.69) is 16.7 Å². The topological polar surface area (TPSA) is 58.2 Å². The average molecular weight is 537 g/mol. The van der Waals surface area contributed by atoms with E-state index in [1.807, 2.05) is 25.1 Å². The van der Waals surface area contributed by atoms with Gasteiger partial charge >= 0.3 is 0 Å². The number of carbonyl (C=O) groups excluding carboxylic acids is 2. The summed E-state index contributed by atoms with van der Waals surface area (Å²) in [6.07, 6.45) is 5.21. The normalized spacial score (nSPS) is 14.8. The van der Waals surface area contributed by atoms with Crippen molar-refractivity contribution in [2.45, 2.75) is 32.7 Å². The molecule has 0 saturated heterocycles. The number of allylic oxidation sites excluding steroid dienone is 2. The molecular weight excluding hydrogens is 508 g/mol. The van der Waals surface area contributed by atoms with Crippen molar-refractivity contribution in [1.82, 2.24) is 10.6 Å². The van der Waals surface area contributed by atoms with E-state index in [4.69, 9.17) is 0 Å². The van der Waals surface area contributed by atoms with E-state index in [-0.39, 0.29) is 43.3 Å². The van der Waals surface area contributed by atoms with Crippen LogP contribution in [-0.2, 0) is 17.8 Å².